The number of hydrogen-bond donors (Lipinski definition) is 1. The molecule has 8 heteroatoms. The van der Waals surface area contributed by atoms with Crippen LogP contribution in [0.2, 0.25) is 10.0 Å². The van der Waals surface area contributed by atoms with Crippen LogP contribution in [0.5, 0.6) is 5.75 Å². The second-order valence-corrected chi connectivity index (χ2v) is 9.69. The van der Waals surface area contributed by atoms with Crippen molar-refractivity contribution in [3.05, 3.63) is 94.9 Å². The number of halogens is 4. The average Bonchev–Trinajstić information content (AvgIpc) is 2.74. The van der Waals surface area contributed by atoms with Gasteiger partial charge < -0.3 is 10.1 Å². The topological polar surface area (TPSA) is 62.1 Å². The second-order valence-electron chi connectivity index (χ2n) is 6.83. The number of nitrogens with zero attached hydrogens (tertiary/aromatic N) is 1. The van der Waals surface area contributed by atoms with E-state index in [1.807, 2.05) is 37.3 Å². The number of carbonyl (C=O) groups excluding carboxylic acids is 1. The van der Waals surface area contributed by atoms with Crippen LogP contribution in [0.3, 0.4) is 0 Å². The fourth-order valence-electron chi connectivity index (χ4n) is 2.74. The van der Waals surface area contributed by atoms with Crippen LogP contribution in [0, 0.1) is 21.8 Å². The van der Waals surface area contributed by atoms with Crippen molar-refractivity contribution in [3.8, 4) is 11.8 Å². The number of amides is 1. The number of benzene rings is 3. The lowest BCUT2D eigenvalue weighted by atomic mass is 10.1. The summed E-state index contributed by atoms with van der Waals surface area (Å²) in [6.07, 6.45) is 1.54. The van der Waals surface area contributed by atoms with Crippen molar-refractivity contribution in [3.63, 3.8) is 0 Å². The van der Waals surface area contributed by atoms with Gasteiger partial charge in [0.05, 0.1) is 8.04 Å². The van der Waals surface area contributed by atoms with Crippen molar-refractivity contribution >= 4 is 79.4 Å². The van der Waals surface area contributed by atoms with E-state index in [2.05, 4.69) is 43.8 Å². The van der Waals surface area contributed by atoms with E-state index >= 15 is 0 Å². The summed E-state index contributed by atoms with van der Waals surface area (Å²) in [6.45, 7) is 2.23. The van der Waals surface area contributed by atoms with Crippen molar-refractivity contribution in [2.24, 2.45) is 0 Å². The van der Waals surface area contributed by atoms with Crippen molar-refractivity contribution in [1.82, 2.24) is 0 Å². The number of rotatable bonds is 6. The molecule has 162 valence electrons. The molecule has 0 saturated carbocycles. The molecule has 0 bridgehead atoms. The highest BCUT2D eigenvalue weighted by molar-refractivity contribution is 14.1. The van der Waals surface area contributed by atoms with Gasteiger partial charge in [0.15, 0.2) is 0 Å². The van der Waals surface area contributed by atoms with Gasteiger partial charge in [-0.15, -0.1) is 0 Å². The molecule has 3 rings (SSSR count). The third kappa shape index (κ3) is 6.48. The third-order valence-electron chi connectivity index (χ3n) is 4.39. The summed E-state index contributed by atoms with van der Waals surface area (Å²) in [5.74, 6) is 0.163. The van der Waals surface area contributed by atoms with Gasteiger partial charge in [-0.3, -0.25) is 4.79 Å². The lowest BCUT2D eigenvalue weighted by Crippen LogP contribution is -2.13. The zero-order chi connectivity index (χ0) is 23.3. The molecule has 3 aromatic rings. The highest BCUT2D eigenvalue weighted by atomic mass is 127. The molecular formula is C24H16BrCl2IN2O2. The Kier molecular flexibility index (Phi) is 8.60. The predicted octanol–water partition coefficient (Wildman–Crippen LogP) is 7.79. The van der Waals surface area contributed by atoms with E-state index < -0.39 is 5.91 Å². The lowest BCUT2D eigenvalue weighted by Gasteiger charge is -2.13. The van der Waals surface area contributed by atoms with E-state index in [0.717, 1.165) is 14.7 Å². The smallest absolute Gasteiger partial charge is 0.266 e. The molecule has 0 fully saturated rings. The van der Waals surface area contributed by atoms with Gasteiger partial charge in [0.2, 0.25) is 0 Å². The summed E-state index contributed by atoms with van der Waals surface area (Å²) in [7, 11) is 0. The Morgan fingerprint density at radius 3 is 2.53 bits per heavy atom. The molecule has 3 aromatic carbocycles. The SMILES string of the molecule is Cc1ccc(NC(=O)/C(C#N)=C/c2cc(Br)c(OCc3ccc(Cl)cc3Cl)c(I)c2)cc1. The van der Waals surface area contributed by atoms with Crippen molar-refractivity contribution in [1.29, 1.82) is 5.26 Å². The van der Waals surface area contributed by atoms with Crippen LogP contribution in [0.4, 0.5) is 5.69 Å². The number of aryl methyl sites for hydroxylation is 1. The molecule has 1 amide bonds. The normalized spacial score (nSPS) is 11.1. The predicted molar refractivity (Wildman–Crippen MR) is 141 cm³/mol. The molecule has 0 heterocycles. The summed E-state index contributed by atoms with van der Waals surface area (Å²) in [6, 6.07) is 18.2. The highest BCUT2D eigenvalue weighted by Gasteiger charge is 2.13. The number of hydrogen-bond acceptors (Lipinski definition) is 3. The number of nitriles is 1. The molecule has 32 heavy (non-hydrogen) atoms. The van der Waals surface area contributed by atoms with E-state index in [9.17, 15) is 10.1 Å². The Labute approximate surface area is 218 Å². The molecule has 0 unspecified atom stereocenters. The van der Waals surface area contributed by atoms with E-state index in [0.29, 0.717) is 31.5 Å². The summed E-state index contributed by atoms with van der Waals surface area (Å²) in [5, 5.41) is 13.3. The molecule has 4 nitrogen and oxygen atoms in total. The number of ether oxygens (including phenoxy) is 1. The first kappa shape index (κ1) is 24.6. The summed E-state index contributed by atoms with van der Waals surface area (Å²) in [5.41, 5.74) is 3.20. The Morgan fingerprint density at radius 2 is 1.91 bits per heavy atom. The third-order valence-corrected chi connectivity index (χ3v) is 6.37. The maximum absolute atomic E-state index is 12.5. The van der Waals surface area contributed by atoms with Crippen molar-refractivity contribution in [2.75, 3.05) is 5.32 Å². The summed E-state index contributed by atoms with van der Waals surface area (Å²) in [4.78, 5) is 12.5. The maximum atomic E-state index is 12.5. The number of carbonyl (C=O) groups is 1. The molecule has 0 aromatic heterocycles. The zero-order valence-electron chi connectivity index (χ0n) is 16.8. The number of anilines is 1. The van der Waals surface area contributed by atoms with Gasteiger partial charge in [-0.25, -0.2) is 0 Å². The molecule has 0 saturated heterocycles. The molecule has 1 N–H and O–H groups in total. The lowest BCUT2D eigenvalue weighted by molar-refractivity contribution is -0.112. The van der Waals surface area contributed by atoms with Gasteiger partial charge in [0.1, 0.15) is 24.0 Å². The van der Waals surface area contributed by atoms with Gasteiger partial charge in [-0.2, -0.15) is 5.26 Å². The van der Waals surface area contributed by atoms with Crippen LogP contribution < -0.4 is 10.1 Å². The fourth-order valence-corrected chi connectivity index (χ4v) is 4.97. The molecule has 0 atom stereocenters. The Morgan fingerprint density at radius 1 is 1.19 bits per heavy atom. The van der Waals surface area contributed by atoms with Crippen LogP contribution in [0.25, 0.3) is 6.08 Å². The van der Waals surface area contributed by atoms with Gasteiger partial charge in [-0.05, 0) is 93.5 Å². The minimum atomic E-state index is -0.472. The molecule has 0 spiro atoms. The highest BCUT2D eigenvalue weighted by Crippen LogP contribution is 2.34. The van der Waals surface area contributed by atoms with Gasteiger partial charge in [-0.1, -0.05) is 47.0 Å². The Hall–Kier alpha value is -2.05. The zero-order valence-corrected chi connectivity index (χ0v) is 22.0. The van der Waals surface area contributed by atoms with Crippen molar-refractivity contribution in [2.45, 2.75) is 13.5 Å². The quantitative estimate of drug-likeness (QED) is 0.170. The van der Waals surface area contributed by atoms with E-state index in [4.69, 9.17) is 27.9 Å². The van der Waals surface area contributed by atoms with Crippen LogP contribution in [0.15, 0.2) is 64.6 Å². The average molecular weight is 642 g/mol. The van der Waals surface area contributed by atoms with Crippen molar-refractivity contribution < 1.29 is 9.53 Å². The fraction of sp³-hybridized carbons (Fsp3) is 0.0833. The Bertz CT molecular complexity index is 1210. The van der Waals surface area contributed by atoms with Gasteiger partial charge in [0, 0.05) is 21.3 Å². The Balaban J connectivity index is 1.77. The van der Waals surface area contributed by atoms with Crippen LogP contribution in [0.1, 0.15) is 16.7 Å². The monoisotopic (exact) mass is 640 g/mol. The van der Waals surface area contributed by atoms with Crippen LogP contribution in [-0.2, 0) is 11.4 Å². The molecule has 0 radical (unpaired) electrons. The summed E-state index contributed by atoms with van der Waals surface area (Å²) < 4.78 is 7.45. The first-order valence-corrected chi connectivity index (χ1v) is 11.9. The first-order chi connectivity index (χ1) is 15.3. The van der Waals surface area contributed by atoms with E-state index in [1.165, 1.54) is 6.08 Å². The first-order valence-electron chi connectivity index (χ1n) is 9.32. The molecular weight excluding hydrogens is 626 g/mol. The minimum absolute atomic E-state index is 0.00473. The minimum Gasteiger partial charge on any atom is -0.487 e. The standard InChI is InChI=1S/C24H16BrCl2IN2O2/c1-14-2-6-19(7-3-14)30-24(31)17(12-29)8-15-9-20(25)23(22(28)10-15)32-13-16-4-5-18(26)11-21(16)27/h2-11H,13H2,1H3,(H,30,31)/b17-8+. The molecule has 0 aliphatic heterocycles. The summed E-state index contributed by atoms with van der Waals surface area (Å²) >= 11 is 17.8. The van der Waals surface area contributed by atoms with E-state index in [-0.39, 0.29) is 12.2 Å². The maximum Gasteiger partial charge on any atom is 0.266 e. The molecule has 0 aliphatic carbocycles. The van der Waals surface area contributed by atoms with Crippen LogP contribution in [-0.4, -0.2) is 5.91 Å². The van der Waals surface area contributed by atoms with Gasteiger partial charge in [0.25, 0.3) is 5.91 Å². The second kappa shape index (κ2) is 11.2. The van der Waals surface area contributed by atoms with E-state index in [1.54, 1.807) is 30.3 Å². The largest absolute Gasteiger partial charge is 0.487 e. The van der Waals surface area contributed by atoms with Gasteiger partial charge >= 0.3 is 0 Å². The number of nitrogens with one attached hydrogen (secondary N) is 1. The molecule has 0 aliphatic rings. The van der Waals surface area contributed by atoms with Crippen LogP contribution >= 0.6 is 61.7 Å².